The van der Waals surface area contributed by atoms with E-state index in [1.54, 1.807) is 0 Å². The predicted octanol–water partition coefficient (Wildman–Crippen LogP) is 0.291. The fraction of sp³-hybridized carbons (Fsp3) is 0.389. The van der Waals surface area contributed by atoms with Gasteiger partial charge in [-0.15, -0.1) is 0 Å². The summed E-state index contributed by atoms with van der Waals surface area (Å²) in [5.41, 5.74) is -0.904. The van der Waals surface area contributed by atoms with Gasteiger partial charge in [0.25, 0.3) is 5.91 Å². The van der Waals surface area contributed by atoms with Gasteiger partial charge in [0.2, 0.25) is 0 Å². The van der Waals surface area contributed by atoms with Crippen molar-refractivity contribution < 1.29 is 33.6 Å². The highest BCUT2D eigenvalue weighted by atomic mass is 19.1. The summed E-state index contributed by atoms with van der Waals surface area (Å²) >= 11 is 0. The first kappa shape index (κ1) is 20.7. The van der Waals surface area contributed by atoms with E-state index in [1.165, 1.54) is 39.3 Å². The molecule has 0 spiro atoms. The minimum atomic E-state index is -1.44. The smallest absolute Gasteiger partial charge is 0.351 e. The van der Waals surface area contributed by atoms with Crippen LogP contribution < -0.4 is 20.5 Å². The summed E-state index contributed by atoms with van der Waals surface area (Å²) in [6.07, 6.45) is -3.99. The Hall–Kier alpha value is -3.02. The van der Waals surface area contributed by atoms with Crippen molar-refractivity contribution in [3.05, 3.63) is 46.3 Å². The molecular weight excluding hydrogens is 389 g/mol. The van der Waals surface area contributed by atoms with E-state index in [-0.39, 0.29) is 11.3 Å². The second kappa shape index (κ2) is 8.15. The van der Waals surface area contributed by atoms with E-state index >= 15 is 0 Å². The van der Waals surface area contributed by atoms with Gasteiger partial charge in [0.15, 0.2) is 17.9 Å². The number of methoxy groups -OCH3 is 2. The average Bonchev–Trinajstić information content (AvgIpc) is 2.96. The Bertz CT molecular complexity index is 980. The maximum Gasteiger partial charge on any atom is 0.351 e. The number of nitrogens with one attached hydrogen (secondary N) is 1. The molecule has 1 aromatic carbocycles. The van der Waals surface area contributed by atoms with E-state index in [0.717, 1.165) is 10.8 Å². The Labute approximate surface area is 164 Å². The van der Waals surface area contributed by atoms with E-state index in [9.17, 15) is 24.2 Å². The largest absolute Gasteiger partial charge is 0.497 e. The summed E-state index contributed by atoms with van der Waals surface area (Å²) in [5, 5.41) is 22.0. The van der Waals surface area contributed by atoms with Crippen molar-refractivity contribution in [2.45, 2.75) is 31.5 Å². The topological polar surface area (TPSA) is 132 Å². The van der Waals surface area contributed by atoms with Crippen LogP contribution in [0.1, 0.15) is 23.5 Å². The fourth-order valence-electron chi connectivity index (χ4n) is 2.93. The van der Waals surface area contributed by atoms with Crippen LogP contribution in [-0.2, 0) is 4.74 Å². The third-order valence-electron chi connectivity index (χ3n) is 4.54. The highest BCUT2D eigenvalue weighted by Gasteiger charge is 2.42. The van der Waals surface area contributed by atoms with Crippen molar-refractivity contribution >= 4 is 11.7 Å². The molecule has 10 nitrogen and oxygen atoms in total. The molecule has 3 N–H and O–H groups in total. The number of aliphatic hydroxyl groups is 2. The van der Waals surface area contributed by atoms with Crippen LogP contribution in [0.25, 0.3) is 0 Å². The average molecular weight is 409 g/mol. The molecule has 4 atom stereocenters. The molecule has 2 heterocycles. The Morgan fingerprint density at radius 3 is 2.59 bits per heavy atom. The molecule has 2 unspecified atom stereocenters. The number of anilines is 1. The maximum atomic E-state index is 14.5. The van der Waals surface area contributed by atoms with Crippen LogP contribution in [-0.4, -0.2) is 58.2 Å². The van der Waals surface area contributed by atoms with Gasteiger partial charge in [0, 0.05) is 6.07 Å². The fourth-order valence-corrected chi connectivity index (χ4v) is 2.93. The Morgan fingerprint density at radius 1 is 1.28 bits per heavy atom. The SMILES string of the molecule is COc1ccc(C(=O)Nc2nc(=O)n([C@@H]3O[C@H](C)C(O)C3O)cc2F)c(OC)c1. The number of carbonyl (C=O) groups excluding carboxylic acids is 1. The number of aliphatic hydroxyl groups excluding tert-OH is 2. The van der Waals surface area contributed by atoms with Crippen LogP contribution in [0.4, 0.5) is 10.2 Å². The summed E-state index contributed by atoms with van der Waals surface area (Å²) in [6, 6.07) is 4.41. The zero-order valence-corrected chi connectivity index (χ0v) is 15.8. The number of nitrogens with zero attached hydrogens (tertiary/aromatic N) is 2. The number of hydrogen-bond donors (Lipinski definition) is 3. The molecular formula is C18H20FN3O7. The first-order valence-electron chi connectivity index (χ1n) is 8.60. The normalized spacial score (nSPS) is 23.7. The van der Waals surface area contributed by atoms with Crippen LogP contribution >= 0.6 is 0 Å². The van der Waals surface area contributed by atoms with Crippen molar-refractivity contribution in [1.82, 2.24) is 9.55 Å². The number of rotatable bonds is 5. The zero-order chi connectivity index (χ0) is 21.3. The molecule has 1 aliphatic rings. The number of aromatic nitrogens is 2. The van der Waals surface area contributed by atoms with Gasteiger partial charge in [0.05, 0.1) is 32.1 Å². The second-order valence-electron chi connectivity index (χ2n) is 6.36. The summed E-state index contributed by atoms with van der Waals surface area (Å²) in [5.74, 6) is -1.75. The van der Waals surface area contributed by atoms with Gasteiger partial charge >= 0.3 is 5.69 Å². The van der Waals surface area contributed by atoms with E-state index < -0.39 is 47.8 Å². The number of carbonyl (C=O) groups is 1. The highest BCUT2D eigenvalue weighted by Crippen LogP contribution is 2.29. The van der Waals surface area contributed by atoms with Gasteiger partial charge in [-0.05, 0) is 19.1 Å². The monoisotopic (exact) mass is 409 g/mol. The van der Waals surface area contributed by atoms with E-state index in [1.807, 2.05) is 0 Å². The van der Waals surface area contributed by atoms with Crippen LogP contribution in [0, 0.1) is 5.82 Å². The van der Waals surface area contributed by atoms with Gasteiger partial charge < -0.3 is 29.7 Å². The maximum absolute atomic E-state index is 14.5. The zero-order valence-electron chi connectivity index (χ0n) is 15.8. The molecule has 3 rings (SSSR count). The lowest BCUT2D eigenvalue weighted by Crippen LogP contribution is -2.36. The molecule has 11 heteroatoms. The molecule has 1 aromatic heterocycles. The first-order valence-corrected chi connectivity index (χ1v) is 8.60. The van der Waals surface area contributed by atoms with Crippen molar-refractivity contribution in [3.8, 4) is 11.5 Å². The lowest BCUT2D eigenvalue weighted by atomic mass is 10.1. The molecule has 156 valence electrons. The minimum absolute atomic E-state index is 0.0742. The molecule has 2 aromatic rings. The second-order valence-corrected chi connectivity index (χ2v) is 6.36. The van der Waals surface area contributed by atoms with Gasteiger partial charge in [-0.1, -0.05) is 0 Å². The molecule has 1 fully saturated rings. The van der Waals surface area contributed by atoms with E-state index in [4.69, 9.17) is 14.2 Å². The van der Waals surface area contributed by atoms with Crippen molar-refractivity contribution in [2.24, 2.45) is 0 Å². The number of hydrogen-bond acceptors (Lipinski definition) is 8. The third kappa shape index (κ3) is 3.92. The predicted molar refractivity (Wildman–Crippen MR) is 97.6 cm³/mol. The molecule has 1 amide bonds. The van der Waals surface area contributed by atoms with Crippen LogP contribution in [0.3, 0.4) is 0 Å². The van der Waals surface area contributed by atoms with Crippen molar-refractivity contribution in [1.29, 1.82) is 0 Å². The first-order chi connectivity index (χ1) is 13.8. The summed E-state index contributed by atoms with van der Waals surface area (Å²) in [6.45, 7) is 1.50. The number of ether oxygens (including phenoxy) is 3. The minimum Gasteiger partial charge on any atom is -0.497 e. The third-order valence-corrected chi connectivity index (χ3v) is 4.54. The molecule has 29 heavy (non-hydrogen) atoms. The Morgan fingerprint density at radius 2 is 2.00 bits per heavy atom. The molecule has 0 aliphatic carbocycles. The highest BCUT2D eigenvalue weighted by molar-refractivity contribution is 6.05. The van der Waals surface area contributed by atoms with Crippen molar-refractivity contribution in [3.63, 3.8) is 0 Å². The molecule has 1 aliphatic heterocycles. The molecule has 0 saturated carbocycles. The van der Waals surface area contributed by atoms with Crippen LogP contribution in [0.2, 0.25) is 0 Å². The lowest BCUT2D eigenvalue weighted by molar-refractivity contribution is -0.0355. The molecule has 1 saturated heterocycles. The quantitative estimate of drug-likeness (QED) is 0.642. The lowest BCUT2D eigenvalue weighted by Gasteiger charge is -2.18. The van der Waals surface area contributed by atoms with E-state index in [0.29, 0.717) is 5.75 Å². The summed E-state index contributed by atoms with van der Waals surface area (Å²) in [7, 11) is 2.81. The van der Waals surface area contributed by atoms with E-state index in [2.05, 4.69) is 10.3 Å². The summed E-state index contributed by atoms with van der Waals surface area (Å²) < 4.78 is 30.7. The Kier molecular flexibility index (Phi) is 5.82. The van der Waals surface area contributed by atoms with Gasteiger partial charge in [-0.2, -0.15) is 4.98 Å². The van der Waals surface area contributed by atoms with Crippen LogP contribution in [0.5, 0.6) is 11.5 Å². The van der Waals surface area contributed by atoms with Gasteiger partial charge in [-0.3, -0.25) is 9.36 Å². The van der Waals surface area contributed by atoms with Gasteiger partial charge in [0.1, 0.15) is 23.7 Å². The van der Waals surface area contributed by atoms with Gasteiger partial charge in [-0.25, -0.2) is 9.18 Å². The van der Waals surface area contributed by atoms with Crippen LogP contribution in [0.15, 0.2) is 29.2 Å². The standard InChI is InChI=1S/C18H20FN3O7/c1-8-13(23)14(24)17(29-8)22-7-11(19)15(21-18(22)26)20-16(25)10-5-4-9(27-2)6-12(10)28-3/h4-8,13-14,17,23-24H,1-3H3,(H,20,21,25,26)/t8-,13?,14?,17-/m1/s1. The molecule has 0 bridgehead atoms. The Balaban J connectivity index is 1.87. The van der Waals surface area contributed by atoms with Crippen molar-refractivity contribution in [2.75, 3.05) is 19.5 Å². The molecule has 0 radical (unpaired) electrons. The number of benzene rings is 1. The summed E-state index contributed by atoms with van der Waals surface area (Å²) in [4.78, 5) is 28.3. The number of amides is 1. The number of halogens is 1.